The number of thiazole rings is 1. The second-order valence-corrected chi connectivity index (χ2v) is 7.23. The van der Waals surface area contributed by atoms with Gasteiger partial charge < -0.3 is 9.84 Å². The van der Waals surface area contributed by atoms with Gasteiger partial charge in [0.1, 0.15) is 5.75 Å². The van der Waals surface area contributed by atoms with E-state index in [1.54, 1.807) is 24.6 Å². The Hall–Kier alpha value is -2.24. The minimum Gasteiger partial charge on any atom is -0.497 e. The highest BCUT2D eigenvalue weighted by Gasteiger charge is 2.15. The fourth-order valence-corrected chi connectivity index (χ4v) is 3.97. The van der Waals surface area contributed by atoms with Crippen LogP contribution in [0.3, 0.4) is 0 Å². The monoisotopic (exact) mass is 368 g/mol. The first-order chi connectivity index (χ1) is 12.8. The molecule has 0 atom stereocenters. The number of methoxy groups -OCH3 is 1. The summed E-state index contributed by atoms with van der Waals surface area (Å²) in [6.45, 7) is 0.282. The van der Waals surface area contributed by atoms with E-state index in [1.165, 1.54) is 0 Å². The summed E-state index contributed by atoms with van der Waals surface area (Å²) in [7, 11) is 1.67. The number of aliphatic hydroxyl groups excluding tert-OH is 1. The molecule has 0 amide bonds. The molecule has 0 aliphatic heterocycles. The predicted molar refractivity (Wildman–Crippen MR) is 107 cm³/mol. The second-order valence-electron chi connectivity index (χ2n) is 6.14. The highest BCUT2D eigenvalue weighted by Crippen LogP contribution is 2.37. The average Bonchev–Trinajstić information content (AvgIpc) is 3.13. The molecule has 0 fully saturated rings. The first-order valence-corrected chi connectivity index (χ1v) is 9.79. The van der Waals surface area contributed by atoms with Crippen molar-refractivity contribution in [1.29, 1.82) is 0 Å². The van der Waals surface area contributed by atoms with Crippen LogP contribution in [0.1, 0.15) is 30.7 Å². The standard InChI is InChI=1S/C21H24N2O2S/c1-25-18-11-9-16(10-12-18)20-21(17-7-6-13-22-15-17)26-19(23-20)8-4-2-3-5-14-24/h6-7,9-13,15,24H,2-5,8,14H2,1H3. The number of pyridine rings is 1. The fraction of sp³-hybridized carbons (Fsp3) is 0.333. The number of aromatic nitrogens is 2. The van der Waals surface area contributed by atoms with Gasteiger partial charge in [-0.2, -0.15) is 0 Å². The van der Waals surface area contributed by atoms with Crippen LogP contribution in [0.15, 0.2) is 48.8 Å². The van der Waals surface area contributed by atoms with Gasteiger partial charge in [0, 0.05) is 30.1 Å². The van der Waals surface area contributed by atoms with Gasteiger partial charge in [-0.25, -0.2) is 4.98 Å². The van der Waals surface area contributed by atoms with Crippen molar-refractivity contribution < 1.29 is 9.84 Å². The zero-order valence-electron chi connectivity index (χ0n) is 15.0. The van der Waals surface area contributed by atoms with Crippen LogP contribution in [0, 0.1) is 0 Å². The van der Waals surface area contributed by atoms with Crippen LogP contribution in [-0.2, 0) is 6.42 Å². The lowest BCUT2D eigenvalue weighted by Gasteiger charge is -2.04. The van der Waals surface area contributed by atoms with Crippen molar-refractivity contribution in [2.75, 3.05) is 13.7 Å². The van der Waals surface area contributed by atoms with Gasteiger partial charge in [-0.3, -0.25) is 4.98 Å². The highest BCUT2D eigenvalue weighted by molar-refractivity contribution is 7.15. The summed E-state index contributed by atoms with van der Waals surface area (Å²) in [5.41, 5.74) is 3.20. The Balaban J connectivity index is 1.85. The van der Waals surface area contributed by atoms with E-state index in [2.05, 4.69) is 23.2 Å². The number of hydrogen-bond donors (Lipinski definition) is 1. The highest BCUT2D eigenvalue weighted by atomic mass is 32.1. The summed E-state index contributed by atoms with van der Waals surface area (Å²) in [6.07, 6.45) is 8.84. The fourth-order valence-electron chi connectivity index (χ4n) is 2.85. The van der Waals surface area contributed by atoms with Crippen LogP contribution in [0.25, 0.3) is 21.7 Å². The molecule has 1 N–H and O–H groups in total. The van der Waals surface area contributed by atoms with Crippen molar-refractivity contribution in [2.45, 2.75) is 32.1 Å². The molecule has 0 spiro atoms. The van der Waals surface area contributed by atoms with E-state index in [1.807, 2.05) is 24.4 Å². The summed E-state index contributed by atoms with van der Waals surface area (Å²) < 4.78 is 5.26. The van der Waals surface area contributed by atoms with Gasteiger partial charge in [-0.15, -0.1) is 11.3 Å². The number of rotatable bonds is 9. The average molecular weight is 369 g/mol. The van der Waals surface area contributed by atoms with Crippen LogP contribution in [0.4, 0.5) is 0 Å². The molecule has 0 unspecified atom stereocenters. The molecule has 0 bridgehead atoms. The molecule has 0 saturated heterocycles. The minimum atomic E-state index is 0.282. The van der Waals surface area contributed by atoms with E-state index in [4.69, 9.17) is 14.8 Å². The van der Waals surface area contributed by atoms with E-state index in [9.17, 15) is 0 Å². The van der Waals surface area contributed by atoms with Crippen LogP contribution >= 0.6 is 11.3 Å². The first-order valence-electron chi connectivity index (χ1n) is 8.97. The number of unbranched alkanes of at least 4 members (excludes halogenated alkanes) is 3. The van der Waals surface area contributed by atoms with Gasteiger partial charge >= 0.3 is 0 Å². The lowest BCUT2D eigenvalue weighted by Crippen LogP contribution is -1.88. The zero-order chi connectivity index (χ0) is 18.2. The van der Waals surface area contributed by atoms with Crippen molar-refractivity contribution in [3.8, 4) is 27.4 Å². The molecule has 3 aromatic rings. The van der Waals surface area contributed by atoms with Crippen LogP contribution in [0.5, 0.6) is 5.75 Å². The smallest absolute Gasteiger partial charge is 0.118 e. The third kappa shape index (κ3) is 4.68. The minimum absolute atomic E-state index is 0.282. The summed E-state index contributed by atoms with van der Waals surface area (Å²) >= 11 is 1.75. The number of aryl methyl sites for hydroxylation is 1. The molecule has 4 nitrogen and oxygen atoms in total. The molecule has 136 valence electrons. The molecule has 0 radical (unpaired) electrons. The molecular formula is C21H24N2O2S. The lowest BCUT2D eigenvalue weighted by atomic mass is 10.1. The topological polar surface area (TPSA) is 55.2 Å². The van der Waals surface area contributed by atoms with Crippen molar-refractivity contribution >= 4 is 11.3 Å². The van der Waals surface area contributed by atoms with Crippen LogP contribution in [-0.4, -0.2) is 28.8 Å². The van der Waals surface area contributed by atoms with E-state index < -0.39 is 0 Å². The maximum absolute atomic E-state index is 8.89. The molecule has 0 aliphatic rings. The number of ether oxygens (including phenoxy) is 1. The number of aliphatic hydroxyl groups is 1. The van der Waals surface area contributed by atoms with Crippen LogP contribution < -0.4 is 4.74 Å². The molecule has 2 heterocycles. The van der Waals surface area contributed by atoms with Crippen molar-refractivity contribution in [3.63, 3.8) is 0 Å². The van der Waals surface area contributed by atoms with Gasteiger partial charge in [-0.05, 0) is 49.6 Å². The Bertz CT molecular complexity index is 801. The van der Waals surface area contributed by atoms with Gasteiger partial charge in [0.2, 0.25) is 0 Å². The SMILES string of the molecule is COc1ccc(-c2nc(CCCCCCO)sc2-c2cccnc2)cc1. The number of hydrogen-bond acceptors (Lipinski definition) is 5. The Labute approximate surface area is 158 Å². The Morgan fingerprint density at radius 2 is 1.81 bits per heavy atom. The number of benzene rings is 1. The Kier molecular flexibility index (Phi) is 6.75. The maximum atomic E-state index is 8.89. The molecule has 0 saturated carbocycles. The third-order valence-corrected chi connectivity index (χ3v) is 5.42. The molecular weight excluding hydrogens is 344 g/mol. The van der Waals surface area contributed by atoms with Gasteiger partial charge in [0.15, 0.2) is 0 Å². The van der Waals surface area contributed by atoms with Crippen molar-refractivity contribution in [2.24, 2.45) is 0 Å². The van der Waals surface area contributed by atoms with Crippen LogP contribution in [0.2, 0.25) is 0 Å². The molecule has 26 heavy (non-hydrogen) atoms. The summed E-state index contributed by atoms with van der Waals surface area (Å²) in [4.78, 5) is 10.4. The van der Waals surface area contributed by atoms with E-state index in [0.717, 1.165) is 64.6 Å². The van der Waals surface area contributed by atoms with Gasteiger partial charge in [-0.1, -0.05) is 18.9 Å². The van der Waals surface area contributed by atoms with E-state index >= 15 is 0 Å². The quantitative estimate of drug-likeness (QED) is 0.542. The largest absolute Gasteiger partial charge is 0.497 e. The molecule has 0 aliphatic carbocycles. The molecule has 5 heteroatoms. The first kappa shape index (κ1) is 18.5. The van der Waals surface area contributed by atoms with E-state index in [-0.39, 0.29) is 6.61 Å². The van der Waals surface area contributed by atoms with Gasteiger partial charge in [0.25, 0.3) is 0 Å². The Morgan fingerprint density at radius 3 is 2.50 bits per heavy atom. The normalized spacial score (nSPS) is 10.8. The Morgan fingerprint density at radius 1 is 1.00 bits per heavy atom. The number of nitrogens with zero attached hydrogens (tertiary/aromatic N) is 2. The molecule has 3 rings (SSSR count). The summed E-state index contributed by atoms with van der Waals surface area (Å²) in [5.74, 6) is 0.844. The third-order valence-electron chi connectivity index (χ3n) is 4.26. The molecule has 1 aromatic carbocycles. The maximum Gasteiger partial charge on any atom is 0.118 e. The summed E-state index contributed by atoms with van der Waals surface area (Å²) in [5, 5.41) is 10.0. The zero-order valence-corrected chi connectivity index (χ0v) is 15.8. The van der Waals surface area contributed by atoms with Crippen molar-refractivity contribution in [1.82, 2.24) is 9.97 Å². The predicted octanol–water partition coefficient (Wildman–Crippen LogP) is 4.98. The molecule has 2 aromatic heterocycles. The lowest BCUT2D eigenvalue weighted by molar-refractivity contribution is 0.282. The second kappa shape index (κ2) is 9.46. The van der Waals surface area contributed by atoms with E-state index in [0.29, 0.717) is 0 Å². The van der Waals surface area contributed by atoms with Gasteiger partial charge in [0.05, 0.1) is 22.7 Å². The van der Waals surface area contributed by atoms with Crippen molar-refractivity contribution in [3.05, 3.63) is 53.8 Å². The summed E-state index contributed by atoms with van der Waals surface area (Å²) in [6, 6.07) is 12.1.